The molecule has 2 aliphatic rings. The Morgan fingerprint density at radius 1 is 1.12 bits per heavy atom. The van der Waals surface area contributed by atoms with E-state index in [0.29, 0.717) is 6.42 Å². The van der Waals surface area contributed by atoms with Crippen LogP contribution in [0.5, 0.6) is 0 Å². The van der Waals surface area contributed by atoms with Gasteiger partial charge in [0.05, 0.1) is 0 Å². The molecule has 3 atom stereocenters. The third-order valence-electron chi connectivity index (χ3n) is 5.16. The monoisotopic (exact) mass is 343 g/mol. The minimum Gasteiger partial charge on any atom is -0.336 e. The topological polar surface area (TPSA) is 69.7 Å². The van der Waals surface area contributed by atoms with Crippen molar-refractivity contribution in [2.75, 3.05) is 6.54 Å². The third-order valence-corrected chi connectivity index (χ3v) is 5.16. The van der Waals surface area contributed by atoms with Gasteiger partial charge in [0, 0.05) is 18.5 Å². The van der Waals surface area contributed by atoms with Gasteiger partial charge in [0.1, 0.15) is 12.6 Å². The molecule has 2 aliphatic heterocycles. The van der Waals surface area contributed by atoms with Crippen LogP contribution in [0.3, 0.4) is 0 Å². The second kappa shape index (κ2) is 7.25. The highest BCUT2D eigenvalue weighted by molar-refractivity contribution is 6.06. The minimum atomic E-state index is -0.598. The number of rotatable bonds is 4. The Labute approximate surface area is 148 Å². The predicted octanol–water partition coefficient (Wildman–Crippen LogP) is 1.94. The number of benzene rings is 1. The Morgan fingerprint density at radius 2 is 1.76 bits per heavy atom. The lowest BCUT2D eigenvalue weighted by atomic mass is 9.97. The van der Waals surface area contributed by atoms with E-state index in [1.165, 1.54) is 0 Å². The van der Waals surface area contributed by atoms with Crippen LogP contribution in [0, 0.1) is 0 Å². The van der Waals surface area contributed by atoms with Crippen molar-refractivity contribution >= 4 is 17.8 Å². The standard InChI is InChI=1S/C19H25N3O3/c1-13-7-6-8-14(2)22(13)17(23)12-21-18(24)16(20-19(21)25)11-15-9-4-3-5-10-15/h3-5,9-10,13-14,16H,6-8,11-12H2,1-2H3,(H,20,25). The summed E-state index contributed by atoms with van der Waals surface area (Å²) in [5.41, 5.74) is 0.979. The molecule has 2 saturated heterocycles. The van der Waals surface area contributed by atoms with Gasteiger partial charge in [0.25, 0.3) is 5.91 Å². The molecule has 1 aromatic carbocycles. The summed E-state index contributed by atoms with van der Waals surface area (Å²) in [6.07, 6.45) is 3.47. The van der Waals surface area contributed by atoms with Gasteiger partial charge in [0.2, 0.25) is 5.91 Å². The van der Waals surface area contributed by atoms with E-state index in [0.717, 1.165) is 29.7 Å². The van der Waals surface area contributed by atoms with Gasteiger partial charge < -0.3 is 10.2 Å². The summed E-state index contributed by atoms with van der Waals surface area (Å²) in [6.45, 7) is 3.87. The van der Waals surface area contributed by atoms with Gasteiger partial charge in [-0.3, -0.25) is 14.5 Å². The van der Waals surface area contributed by atoms with E-state index in [1.54, 1.807) is 0 Å². The zero-order valence-electron chi connectivity index (χ0n) is 14.8. The highest BCUT2D eigenvalue weighted by Gasteiger charge is 2.40. The fourth-order valence-electron chi connectivity index (χ4n) is 3.84. The van der Waals surface area contributed by atoms with E-state index in [-0.39, 0.29) is 30.4 Å². The molecule has 2 heterocycles. The molecule has 25 heavy (non-hydrogen) atoms. The van der Waals surface area contributed by atoms with E-state index in [4.69, 9.17) is 0 Å². The first-order valence-electron chi connectivity index (χ1n) is 8.94. The van der Waals surface area contributed by atoms with Crippen LogP contribution in [0.25, 0.3) is 0 Å². The molecule has 6 nitrogen and oxygen atoms in total. The molecule has 1 N–H and O–H groups in total. The Balaban J connectivity index is 1.65. The van der Waals surface area contributed by atoms with Gasteiger partial charge in [-0.25, -0.2) is 4.79 Å². The maximum atomic E-state index is 12.7. The number of piperidine rings is 1. The summed E-state index contributed by atoms with van der Waals surface area (Å²) in [4.78, 5) is 40.3. The molecule has 2 fully saturated rings. The number of nitrogens with one attached hydrogen (secondary N) is 1. The van der Waals surface area contributed by atoms with Crippen LogP contribution < -0.4 is 5.32 Å². The first kappa shape index (κ1) is 17.5. The Hall–Kier alpha value is -2.37. The summed E-state index contributed by atoms with van der Waals surface area (Å²) in [6, 6.07) is 8.78. The predicted molar refractivity (Wildman–Crippen MR) is 93.8 cm³/mol. The molecule has 0 aromatic heterocycles. The van der Waals surface area contributed by atoms with Crippen LogP contribution in [0.1, 0.15) is 38.7 Å². The molecule has 1 aromatic rings. The average molecular weight is 343 g/mol. The molecule has 3 unspecified atom stereocenters. The molecule has 0 spiro atoms. The number of hydrogen-bond donors (Lipinski definition) is 1. The number of nitrogens with zero attached hydrogens (tertiary/aromatic N) is 2. The second-order valence-electron chi connectivity index (χ2n) is 7.05. The van der Waals surface area contributed by atoms with Gasteiger partial charge in [-0.15, -0.1) is 0 Å². The summed E-state index contributed by atoms with van der Waals surface area (Å²) in [5.74, 6) is -0.469. The summed E-state index contributed by atoms with van der Waals surface area (Å²) < 4.78 is 0. The van der Waals surface area contributed by atoms with E-state index in [9.17, 15) is 14.4 Å². The molecule has 3 rings (SSSR count). The van der Waals surface area contributed by atoms with Crippen LogP contribution in [-0.4, -0.2) is 52.3 Å². The third kappa shape index (κ3) is 3.67. The van der Waals surface area contributed by atoms with Crippen LogP contribution in [0.4, 0.5) is 4.79 Å². The van der Waals surface area contributed by atoms with Crippen LogP contribution in [-0.2, 0) is 16.0 Å². The summed E-state index contributed by atoms with van der Waals surface area (Å²) >= 11 is 0. The van der Waals surface area contributed by atoms with Gasteiger partial charge in [-0.2, -0.15) is 0 Å². The van der Waals surface area contributed by atoms with E-state index >= 15 is 0 Å². The molecule has 0 radical (unpaired) electrons. The largest absolute Gasteiger partial charge is 0.336 e. The molecule has 4 amide bonds. The summed E-state index contributed by atoms with van der Waals surface area (Å²) in [7, 11) is 0. The number of imide groups is 1. The molecular weight excluding hydrogens is 318 g/mol. The first-order valence-corrected chi connectivity index (χ1v) is 8.94. The van der Waals surface area contributed by atoms with Crippen molar-refractivity contribution in [3.63, 3.8) is 0 Å². The number of hydrogen-bond acceptors (Lipinski definition) is 3. The van der Waals surface area contributed by atoms with Crippen LogP contribution in [0.2, 0.25) is 0 Å². The van der Waals surface area contributed by atoms with Crippen molar-refractivity contribution < 1.29 is 14.4 Å². The molecule has 0 aliphatic carbocycles. The van der Waals surface area contributed by atoms with E-state index in [1.807, 2.05) is 49.1 Å². The van der Waals surface area contributed by atoms with E-state index < -0.39 is 12.1 Å². The fourth-order valence-corrected chi connectivity index (χ4v) is 3.84. The second-order valence-corrected chi connectivity index (χ2v) is 7.05. The number of likely N-dealkylation sites (tertiary alicyclic amines) is 1. The SMILES string of the molecule is CC1CCCC(C)N1C(=O)CN1C(=O)NC(Cc2ccccc2)C1=O. The van der Waals surface area contributed by atoms with Gasteiger partial charge in [-0.05, 0) is 38.7 Å². The number of carbonyl (C=O) groups is 3. The number of carbonyl (C=O) groups excluding carboxylic acids is 3. The minimum absolute atomic E-state index is 0.149. The van der Waals surface area contributed by atoms with Crippen molar-refractivity contribution in [1.29, 1.82) is 0 Å². The van der Waals surface area contributed by atoms with Crippen molar-refractivity contribution in [1.82, 2.24) is 15.1 Å². The Kier molecular flexibility index (Phi) is 5.06. The Bertz CT molecular complexity index is 651. The van der Waals surface area contributed by atoms with Crippen molar-refractivity contribution in [2.24, 2.45) is 0 Å². The first-order chi connectivity index (χ1) is 12.0. The van der Waals surface area contributed by atoms with Crippen molar-refractivity contribution in [2.45, 2.75) is 57.7 Å². The highest BCUT2D eigenvalue weighted by atomic mass is 16.2. The average Bonchev–Trinajstić information content (AvgIpc) is 2.83. The number of urea groups is 1. The fraction of sp³-hybridized carbons (Fsp3) is 0.526. The lowest BCUT2D eigenvalue weighted by Gasteiger charge is -2.39. The highest BCUT2D eigenvalue weighted by Crippen LogP contribution is 2.23. The maximum Gasteiger partial charge on any atom is 0.325 e. The Morgan fingerprint density at radius 3 is 2.40 bits per heavy atom. The quantitative estimate of drug-likeness (QED) is 0.850. The van der Waals surface area contributed by atoms with Gasteiger partial charge >= 0.3 is 6.03 Å². The lowest BCUT2D eigenvalue weighted by molar-refractivity contribution is -0.141. The summed E-state index contributed by atoms with van der Waals surface area (Å²) in [5, 5.41) is 2.70. The molecule has 134 valence electrons. The molecule has 0 saturated carbocycles. The van der Waals surface area contributed by atoms with E-state index in [2.05, 4.69) is 5.32 Å². The van der Waals surface area contributed by atoms with Crippen molar-refractivity contribution in [3.05, 3.63) is 35.9 Å². The van der Waals surface area contributed by atoms with Gasteiger partial charge in [-0.1, -0.05) is 30.3 Å². The van der Waals surface area contributed by atoms with Crippen LogP contribution in [0.15, 0.2) is 30.3 Å². The smallest absolute Gasteiger partial charge is 0.325 e. The lowest BCUT2D eigenvalue weighted by Crippen LogP contribution is -2.52. The number of amides is 4. The van der Waals surface area contributed by atoms with Gasteiger partial charge in [0.15, 0.2) is 0 Å². The maximum absolute atomic E-state index is 12.7. The molecular formula is C19H25N3O3. The van der Waals surface area contributed by atoms with Crippen LogP contribution >= 0.6 is 0 Å². The van der Waals surface area contributed by atoms with Crippen molar-refractivity contribution in [3.8, 4) is 0 Å². The normalized spacial score (nSPS) is 26.7. The molecule has 6 heteroatoms. The molecule has 0 bridgehead atoms. The zero-order chi connectivity index (χ0) is 18.0. The zero-order valence-corrected chi connectivity index (χ0v) is 14.8.